The zero-order valence-electron chi connectivity index (χ0n) is 14.2. The molecule has 1 amide bonds. The first kappa shape index (κ1) is 16.4. The Morgan fingerprint density at radius 1 is 1.38 bits per heavy atom. The molecule has 3 rings (SSSR count). The van der Waals surface area contributed by atoms with Gasteiger partial charge in [-0.05, 0) is 32.9 Å². The second-order valence-electron chi connectivity index (χ2n) is 6.15. The highest BCUT2D eigenvalue weighted by atomic mass is 16.5. The minimum Gasteiger partial charge on any atom is -0.399 e. The van der Waals surface area contributed by atoms with Gasteiger partial charge >= 0.3 is 0 Å². The van der Waals surface area contributed by atoms with Crippen molar-refractivity contribution in [3.63, 3.8) is 0 Å². The number of hydrogen-bond acceptors (Lipinski definition) is 6. The summed E-state index contributed by atoms with van der Waals surface area (Å²) >= 11 is 0. The zero-order valence-corrected chi connectivity index (χ0v) is 14.2. The first-order valence-electron chi connectivity index (χ1n) is 7.99. The molecule has 7 nitrogen and oxygen atoms in total. The van der Waals surface area contributed by atoms with Crippen LogP contribution in [0.3, 0.4) is 0 Å². The van der Waals surface area contributed by atoms with E-state index in [4.69, 9.17) is 15.0 Å². The maximum Gasteiger partial charge on any atom is 0.227 e. The molecular weight excluding hydrogens is 308 g/mol. The molecule has 0 aromatic carbocycles. The number of ether oxygens (including phenoxy) is 1. The van der Waals surface area contributed by atoms with E-state index in [2.05, 4.69) is 10.1 Å². The Hall–Kier alpha value is -2.41. The number of nitrogens with zero attached hydrogens (tertiary/aromatic N) is 3. The quantitative estimate of drug-likeness (QED) is 0.921. The number of rotatable bonds is 3. The summed E-state index contributed by atoms with van der Waals surface area (Å²) in [6.07, 6.45) is 0.0339. The maximum atomic E-state index is 12.6. The predicted octanol–water partition coefficient (Wildman–Crippen LogP) is 1.72. The Balaban J connectivity index is 1.72. The van der Waals surface area contributed by atoms with Crippen LogP contribution < -0.4 is 5.73 Å². The normalized spacial score (nSPS) is 18.0. The topological polar surface area (TPSA) is 94.5 Å². The lowest BCUT2D eigenvalue weighted by atomic mass is 10.1. The number of aromatic nitrogens is 2. The van der Waals surface area contributed by atoms with Gasteiger partial charge in [-0.25, -0.2) is 0 Å². The number of nitrogen functional groups attached to an aromatic ring is 1. The second-order valence-corrected chi connectivity index (χ2v) is 6.15. The van der Waals surface area contributed by atoms with Crippen LogP contribution in [-0.2, 0) is 16.0 Å². The summed E-state index contributed by atoms with van der Waals surface area (Å²) in [7, 11) is 0. The third-order valence-corrected chi connectivity index (χ3v) is 4.25. The van der Waals surface area contributed by atoms with Gasteiger partial charge in [0.15, 0.2) is 0 Å². The molecule has 0 aliphatic carbocycles. The van der Waals surface area contributed by atoms with E-state index in [-0.39, 0.29) is 18.4 Å². The van der Waals surface area contributed by atoms with E-state index in [1.165, 1.54) is 0 Å². The zero-order chi connectivity index (χ0) is 17.3. The summed E-state index contributed by atoms with van der Waals surface area (Å²) in [5.41, 5.74) is 9.78. The highest BCUT2D eigenvalue weighted by molar-refractivity contribution is 5.79. The molecule has 1 saturated heterocycles. The SMILES string of the molecule is Cc1cc(N)cc(C2CN(C(=O)Cc3c(C)noc3C)CCO2)n1. The van der Waals surface area contributed by atoms with E-state index in [9.17, 15) is 4.79 Å². The van der Waals surface area contributed by atoms with Gasteiger partial charge in [0.25, 0.3) is 0 Å². The maximum absolute atomic E-state index is 12.6. The Morgan fingerprint density at radius 3 is 2.83 bits per heavy atom. The molecule has 0 radical (unpaired) electrons. The number of pyridine rings is 1. The van der Waals surface area contributed by atoms with E-state index in [1.54, 1.807) is 11.0 Å². The van der Waals surface area contributed by atoms with Gasteiger partial charge in [-0.1, -0.05) is 5.16 Å². The second kappa shape index (κ2) is 6.60. The summed E-state index contributed by atoms with van der Waals surface area (Å²) in [4.78, 5) is 18.9. The molecular formula is C17H22N4O3. The van der Waals surface area contributed by atoms with E-state index >= 15 is 0 Å². The first-order valence-corrected chi connectivity index (χ1v) is 7.99. The molecule has 0 spiro atoms. The van der Waals surface area contributed by atoms with Gasteiger partial charge in [-0.2, -0.15) is 0 Å². The largest absolute Gasteiger partial charge is 0.399 e. The van der Waals surface area contributed by atoms with Crippen LogP contribution in [-0.4, -0.2) is 40.6 Å². The summed E-state index contributed by atoms with van der Waals surface area (Å²) in [6, 6.07) is 3.62. The first-order chi connectivity index (χ1) is 11.4. The van der Waals surface area contributed by atoms with Gasteiger partial charge in [0.2, 0.25) is 5.91 Å². The molecule has 2 aromatic heterocycles. The van der Waals surface area contributed by atoms with Crippen LogP contribution in [0, 0.1) is 20.8 Å². The Labute approximate surface area is 140 Å². The third kappa shape index (κ3) is 3.41. The number of nitrogens with two attached hydrogens (primary N) is 1. The number of amides is 1. The van der Waals surface area contributed by atoms with E-state index in [1.807, 2.05) is 26.8 Å². The smallest absolute Gasteiger partial charge is 0.227 e. The van der Waals surface area contributed by atoms with Crippen LogP contribution in [0.15, 0.2) is 16.7 Å². The molecule has 24 heavy (non-hydrogen) atoms. The number of hydrogen-bond donors (Lipinski definition) is 1. The molecule has 2 N–H and O–H groups in total. The van der Waals surface area contributed by atoms with E-state index in [0.717, 1.165) is 22.6 Å². The van der Waals surface area contributed by atoms with Crippen LogP contribution in [0.25, 0.3) is 0 Å². The Bertz CT molecular complexity index is 717. The molecule has 7 heteroatoms. The highest BCUT2D eigenvalue weighted by Crippen LogP contribution is 2.24. The molecule has 1 unspecified atom stereocenters. The van der Waals surface area contributed by atoms with Crippen molar-refractivity contribution in [2.45, 2.75) is 33.3 Å². The summed E-state index contributed by atoms with van der Waals surface area (Å²) in [6.45, 7) is 7.08. The van der Waals surface area contributed by atoms with Crippen molar-refractivity contribution in [2.24, 2.45) is 0 Å². The fraction of sp³-hybridized carbons (Fsp3) is 0.471. The van der Waals surface area contributed by atoms with Crippen LogP contribution in [0.1, 0.15) is 34.5 Å². The molecule has 2 aromatic rings. The molecule has 3 heterocycles. The number of aryl methyl sites for hydroxylation is 3. The van der Waals surface area contributed by atoms with Crippen LogP contribution in [0.5, 0.6) is 0 Å². The Morgan fingerprint density at radius 2 is 2.17 bits per heavy atom. The minimum absolute atomic E-state index is 0.0401. The predicted molar refractivity (Wildman–Crippen MR) is 88.3 cm³/mol. The van der Waals surface area contributed by atoms with Crippen LogP contribution in [0.4, 0.5) is 5.69 Å². The van der Waals surface area contributed by atoms with Crippen LogP contribution in [0.2, 0.25) is 0 Å². The summed E-state index contributed by atoms with van der Waals surface area (Å²) in [5, 5.41) is 3.90. The lowest BCUT2D eigenvalue weighted by molar-refractivity contribution is -0.138. The molecule has 128 valence electrons. The fourth-order valence-electron chi connectivity index (χ4n) is 2.96. The lowest BCUT2D eigenvalue weighted by Crippen LogP contribution is -2.43. The minimum atomic E-state index is -0.255. The van der Waals surface area contributed by atoms with Crippen LogP contribution >= 0.6 is 0 Å². The number of carbonyl (C=O) groups excluding carboxylic acids is 1. The van der Waals surface area contributed by atoms with Crippen molar-refractivity contribution >= 4 is 11.6 Å². The van der Waals surface area contributed by atoms with Gasteiger partial charge in [-0.3, -0.25) is 9.78 Å². The van der Waals surface area contributed by atoms with Gasteiger partial charge in [0, 0.05) is 23.5 Å². The van der Waals surface area contributed by atoms with Gasteiger partial charge < -0.3 is 19.9 Å². The van der Waals surface area contributed by atoms with Crippen molar-refractivity contribution in [1.82, 2.24) is 15.0 Å². The summed E-state index contributed by atoms with van der Waals surface area (Å²) < 4.78 is 10.9. The third-order valence-electron chi connectivity index (χ3n) is 4.25. The van der Waals surface area contributed by atoms with E-state index < -0.39 is 0 Å². The fourth-order valence-corrected chi connectivity index (χ4v) is 2.96. The van der Waals surface area contributed by atoms with Gasteiger partial charge in [0.1, 0.15) is 11.9 Å². The monoisotopic (exact) mass is 330 g/mol. The van der Waals surface area contributed by atoms with Gasteiger partial charge in [0.05, 0.1) is 31.0 Å². The van der Waals surface area contributed by atoms with Crippen molar-refractivity contribution in [3.05, 3.63) is 40.5 Å². The number of anilines is 1. The molecule has 0 saturated carbocycles. The summed E-state index contributed by atoms with van der Waals surface area (Å²) in [5.74, 6) is 0.733. The van der Waals surface area contributed by atoms with Crippen molar-refractivity contribution < 1.29 is 14.1 Å². The van der Waals surface area contributed by atoms with Crippen molar-refractivity contribution in [2.75, 3.05) is 25.4 Å². The Kier molecular flexibility index (Phi) is 4.53. The average Bonchev–Trinajstić information content (AvgIpc) is 2.86. The highest BCUT2D eigenvalue weighted by Gasteiger charge is 2.27. The molecule has 1 aliphatic heterocycles. The lowest BCUT2D eigenvalue weighted by Gasteiger charge is -2.33. The molecule has 1 atom stereocenters. The van der Waals surface area contributed by atoms with Crippen molar-refractivity contribution in [1.29, 1.82) is 0 Å². The molecule has 1 fully saturated rings. The number of carbonyl (C=O) groups is 1. The average molecular weight is 330 g/mol. The van der Waals surface area contributed by atoms with Gasteiger partial charge in [-0.15, -0.1) is 0 Å². The molecule has 1 aliphatic rings. The number of morpholine rings is 1. The van der Waals surface area contributed by atoms with Crippen molar-refractivity contribution in [3.8, 4) is 0 Å². The molecule has 0 bridgehead atoms. The standard InChI is InChI=1S/C17H22N4O3/c1-10-6-13(18)7-15(19-10)16-9-21(4-5-23-16)17(22)8-14-11(2)20-24-12(14)3/h6-7,16H,4-5,8-9H2,1-3H3,(H2,18,19). The van der Waals surface area contributed by atoms with E-state index in [0.29, 0.717) is 31.1 Å².